The molecule has 0 spiro atoms. The summed E-state index contributed by atoms with van der Waals surface area (Å²) in [5, 5.41) is 12.2. The van der Waals surface area contributed by atoms with Crippen molar-refractivity contribution in [2.45, 2.75) is 44.9 Å². The molecule has 2 aromatic rings. The van der Waals surface area contributed by atoms with Crippen molar-refractivity contribution in [3.8, 4) is 5.75 Å². The zero-order valence-corrected chi connectivity index (χ0v) is 14.1. The van der Waals surface area contributed by atoms with Crippen LogP contribution in [0.4, 0.5) is 5.69 Å². The molecule has 0 atom stereocenters. The average molecular weight is 309 g/mol. The maximum absolute atomic E-state index is 12.5. The van der Waals surface area contributed by atoms with E-state index >= 15 is 0 Å². The quantitative estimate of drug-likeness (QED) is 0.796. The summed E-state index contributed by atoms with van der Waals surface area (Å²) in [4.78, 5) is 12.5. The topological polar surface area (TPSA) is 49.3 Å². The summed E-state index contributed by atoms with van der Waals surface area (Å²) < 4.78 is 0. The van der Waals surface area contributed by atoms with Crippen LogP contribution in [0.3, 0.4) is 0 Å². The van der Waals surface area contributed by atoms with Crippen LogP contribution < -0.4 is 5.32 Å². The van der Waals surface area contributed by atoms with Crippen LogP contribution in [0, 0.1) is 0 Å². The predicted octanol–water partition coefficient (Wildman–Crippen LogP) is 4.60. The Morgan fingerprint density at radius 1 is 0.957 bits per heavy atom. The Hall–Kier alpha value is -2.29. The highest BCUT2D eigenvalue weighted by Gasteiger charge is 2.41. The fourth-order valence-electron chi connectivity index (χ4n) is 3.88. The largest absolute Gasteiger partial charge is 0.508 e. The Morgan fingerprint density at radius 3 is 2.22 bits per heavy atom. The Balaban J connectivity index is 1.90. The Kier molecular flexibility index (Phi) is 3.47. The highest BCUT2D eigenvalue weighted by Crippen LogP contribution is 2.49. The van der Waals surface area contributed by atoms with Gasteiger partial charge in [0, 0.05) is 11.3 Å². The van der Waals surface area contributed by atoms with Crippen molar-refractivity contribution in [2.24, 2.45) is 0 Å². The van der Waals surface area contributed by atoms with E-state index in [1.807, 2.05) is 12.1 Å². The number of hydrogen-bond acceptors (Lipinski definition) is 2. The van der Waals surface area contributed by atoms with Crippen molar-refractivity contribution >= 4 is 11.6 Å². The van der Waals surface area contributed by atoms with E-state index in [2.05, 4.69) is 39.1 Å². The van der Waals surface area contributed by atoms with E-state index in [-0.39, 0.29) is 22.5 Å². The summed E-state index contributed by atoms with van der Waals surface area (Å²) >= 11 is 0. The van der Waals surface area contributed by atoms with Gasteiger partial charge in [0.1, 0.15) is 5.75 Å². The van der Waals surface area contributed by atoms with Gasteiger partial charge in [0.15, 0.2) is 0 Å². The number of benzene rings is 2. The van der Waals surface area contributed by atoms with E-state index in [1.165, 1.54) is 11.1 Å². The number of carbonyl (C=O) groups is 1. The number of amides is 1. The number of hydrogen-bond donors (Lipinski definition) is 2. The van der Waals surface area contributed by atoms with Crippen LogP contribution >= 0.6 is 0 Å². The van der Waals surface area contributed by atoms with Gasteiger partial charge < -0.3 is 10.4 Å². The smallest absolute Gasteiger partial charge is 0.255 e. The molecule has 3 nitrogen and oxygen atoms in total. The second-order valence-corrected chi connectivity index (χ2v) is 7.71. The Bertz CT molecular complexity index is 758. The van der Waals surface area contributed by atoms with Gasteiger partial charge in [-0.15, -0.1) is 0 Å². The number of phenolic OH excluding ortho intramolecular Hbond substituents is 1. The van der Waals surface area contributed by atoms with Crippen molar-refractivity contribution < 1.29 is 9.90 Å². The van der Waals surface area contributed by atoms with Crippen molar-refractivity contribution in [1.29, 1.82) is 0 Å². The normalized spacial score (nSPS) is 17.6. The van der Waals surface area contributed by atoms with Crippen LogP contribution in [0.25, 0.3) is 0 Å². The Labute approximate surface area is 137 Å². The molecule has 0 aliphatic heterocycles. The second-order valence-electron chi connectivity index (χ2n) is 7.71. The first-order valence-electron chi connectivity index (χ1n) is 7.94. The minimum absolute atomic E-state index is 0.0770. The molecule has 3 heteroatoms. The number of rotatable bonds is 2. The molecular weight excluding hydrogens is 286 g/mol. The van der Waals surface area contributed by atoms with Gasteiger partial charge in [-0.1, -0.05) is 33.8 Å². The first kappa shape index (κ1) is 15.6. The van der Waals surface area contributed by atoms with E-state index < -0.39 is 0 Å². The predicted molar refractivity (Wildman–Crippen MR) is 93.2 cm³/mol. The van der Waals surface area contributed by atoms with Crippen LogP contribution in [0.15, 0.2) is 42.5 Å². The summed E-state index contributed by atoms with van der Waals surface area (Å²) in [5.41, 5.74) is 4.17. The molecule has 23 heavy (non-hydrogen) atoms. The van der Waals surface area contributed by atoms with E-state index in [4.69, 9.17) is 0 Å². The molecule has 1 aliphatic carbocycles. The monoisotopic (exact) mass is 309 g/mol. The molecule has 1 amide bonds. The van der Waals surface area contributed by atoms with E-state index in [0.29, 0.717) is 11.3 Å². The highest BCUT2D eigenvalue weighted by atomic mass is 16.3. The molecule has 0 saturated heterocycles. The maximum Gasteiger partial charge on any atom is 0.255 e. The van der Waals surface area contributed by atoms with E-state index in [1.54, 1.807) is 24.3 Å². The van der Waals surface area contributed by atoms with Gasteiger partial charge in [0.25, 0.3) is 5.91 Å². The fourth-order valence-corrected chi connectivity index (χ4v) is 3.88. The summed E-state index contributed by atoms with van der Waals surface area (Å²) in [6.07, 6.45) is 1.08. The first-order valence-corrected chi connectivity index (χ1v) is 7.94. The molecule has 0 bridgehead atoms. The number of carbonyl (C=O) groups excluding carboxylic acids is 1. The SMILES string of the molecule is CC1(C)CC(C)(C)c2cc(C(=O)Nc3ccc(O)cc3)ccc21. The third-order valence-corrected chi connectivity index (χ3v) is 4.75. The molecule has 0 heterocycles. The summed E-state index contributed by atoms with van der Waals surface area (Å²) in [5.74, 6) is 0.0588. The van der Waals surface area contributed by atoms with Crippen LogP contribution in [-0.2, 0) is 10.8 Å². The van der Waals surface area contributed by atoms with Crippen molar-refractivity contribution in [2.75, 3.05) is 5.32 Å². The summed E-state index contributed by atoms with van der Waals surface area (Å²) in [6, 6.07) is 12.5. The Morgan fingerprint density at radius 2 is 1.57 bits per heavy atom. The van der Waals surface area contributed by atoms with Crippen molar-refractivity contribution in [3.63, 3.8) is 0 Å². The number of anilines is 1. The molecule has 0 unspecified atom stereocenters. The van der Waals surface area contributed by atoms with Crippen molar-refractivity contribution in [3.05, 3.63) is 59.2 Å². The molecule has 1 aliphatic rings. The molecule has 0 saturated carbocycles. The van der Waals surface area contributed by atoms with Gasteiger partial charge in [0.05, 0.1) is 0 Å². The molecular formula is C20H23NO2. The van der Waals surface area contributed by atoms with Gasteiger partial charge in [-0.3, -0.25) is 4.79 Å². The standard InChI is InChI=1S/C20H23NO2/c1-19(2)12-20(3,4)17-11-13(5-10-16(17)19)18(23)21-14-6-8-15(22)9-7-14/h5-11,22H,12H2,1-4H3,(H,21,23). The lowest BCUT2D eigenvalue weighted by atomic mass is 9.82. The maximum atomic E-state index is 12.5. The van der Waals surface area contributed by atoms with Crippen LogP contribution in [0.1, 0.15) is 55.6 Å². The van der Waals surface area contributed by atoms with Gasteiger partial charge in [-0.05, 0) is 64.8 Å². The van der Waals surface area contributed by atoms with Crippen molar-refractivity contribution in [1.82, 2.24) is 0 Å². The third kappa shape index (κ3) is 2.83. The highest BCUT2D eigenvalue weighted by molar-refractivity contribution is 6.04. The van der Waals surface area contributed by atoms with Gasteiger partial charge in [-0.2, -0.15) is 0 Å². The van der Waals surface area contributed by atoms with E-state index in [9.17, 15) is 9.90 Å². The first-order chi connectivity index (χ1) is 10.7. The van der Waals surface area contributed by atoms with Gasteiger partial charge >= 0.3 is 0 Å². The van der Waals surface area contributed by atoms with Crippen LogP contribution in [-0.4, -0.2) is 11.0 Å². The molecule has 2 N–H and O–H groups in total. The third-order valence-electron chi connectivity index (χ3n) is 4.75. The number of nitrogens with one attached hydrogen (secondary N) is 1. The summed E-state index contributed by atoms with van der Waals surface area (Å²) in [7, 11) is 0. The lowest BCUT2D eigenvalue weighted by molar-refractivity contribution is 0.102. The molecule has 0 aromatic heterocycles. The molecule has 0 radical (unpaired) electrons. The van der Waals surface area contributed by atoms with Gasteiger partial charge in [0.2, 0.25) is 0 Å². The number of fused-ring (bicyclic) bond motifs is 1. The minimum atomic E-state index is -0.126. The lowest BCUT2D eigenvalue weighted by Crippen LogP contribution is -2.18. The second kappa shape index (κ2) is 5.12. The van der Waals surface area contributed by atoms with Crippen LogP contribution in [0.2, 0.25) is 0 Å². The molecule has 0 fully saturated rings. The minimum Gasteiger partial charge on any atom is -0.508 e. The average Bonchev–Trinajstić information content (AvgIpc) is 2.66. The molecule has 2 aromatic carbocycles. The summed E-state index contributed by atoms with van der Waals surface area (Å²) in [6.45, 7) is 9.00. The fraction of sp³-hybridized carbons (Fsp3) is 0.350. The zero-order chi connectivity index (χ0) is 16.8. The van der Waals surface area contributed by atoms with E-state index in [0.717, 1.165) is 6.42 Å². The molecule has 3 rings (SSSR count). The lowest BCUT2D eigenvalue weighted by Gasteiger charge is -2.22. The van der Waals surface area contributed by atoms with Gasteiger partial charge in [-0.25, -0.2) is 0 Å². The zero-order valence-electron chi connectivity index (χ0n) is 14.1. The number of aromatic hydroxyl groups is 1. The molecule has 120 valence electrons. The van der Waals surface area contributed by atoms with Crippen LogP contribution in [0.5, 0.6) is 5.75 Å². The number of phenols is 1.